The van der Waals surface area contributed by atoms with Gasteiger partial charge in [0.2, 0.25) is 0 Å². The summed E-state index contributed by atoms with van der Waals surface area (Å²) in [6.07, 6.45) is 0. The maximum absolute atomic E-state index is 11.0. The van der Waals surface area contributed by atoms with E-state index < -0.39 is 5.60 Å². The average molecular weight is 289 g/mol. The van der Waals surface area contributed by atoms with Crippen LogP contribution in [0, 0.1) is 11.8 Å². The Bertz CT molecular complexity index is 687. The van der Waals surface area contributed by atoms with E-state index >= 15 is 0 Å². The molecule has 0 unspecified atom stereocenters. The lowest BCUT2D eigenvalue weighted by Crippen LogP contribution is -2.22. The van der Waals surface area contributed by atoms with Gasteiger partial charge in [-0.25, -0.2) is 0 Å². The molecule has 0 bridgehead atoms. The molecule has 0 aliphatic heterocycles. The molecule has 0 amide bonds. The van der Waals surface area contributed by atoms with Crippen molar-refractivity contribution >= 4 is 23.2 Å². The summed E-state index contributed by atoms with van der Waals surface area (Å²) in [7, 11) is 0. The summed E-state index contributed by atoms with van der Waals surface area (Å²) < 4.78 is 0. The van der Waals surface area contributed by atoms with Gasteiger partial charge >= 0.3 is 0 Å². The molecule has 0 heterocycles. The Hall–Kier alpha value is -1.46. The maximum Gasteiger partial charge on any atom is 0.178 e. The van der Waals surface area contributed by atoms with E-state index in [1.807, 2.05) is 24.3 Å². The minimum atomic E-state index is -1.34. The normalized spacial score (nSPS) is 14.3. The van der Waals surface area contributed by atoms with E-state index in [9.17, 15) is 5.11 Å². The van der Waals surface area contributed by atoms with Crippen LogP contribution >= 0.6 is 23.2 Å². The Morgan fingerprint density at radius 1 is 0.947 bits per heavy atom. The SMILES string of the molecule is CC#CC1(O)c2cc(Cl)ccc2-c2ccc(Cl)cc21. The molecule has 2 aromatic rings. The predicted octanol–water partition coefficient (Wildman–Crippen LogP) is 4.23. The molecule has 0 radical (unpaired) electrons. The van der Waals surface area contributed by atoms with Gasteiger partial charge in [0.15, 0.2) is 5.60 Å². The van der Waals surface area contributed by atoms with Crippen molar-refractivity contribution in [3.05, 3.63) is 57.6 Å². The van der Waals surface area contributed by atoms with Crippen molar-refractivity contribution < 1.29 is 5.11 Å². The number of halogens is 2. The summed E-state index contributed by atoms with van der Waals surface area (Å²) in [6, 6.07) is 10.9. The summed E-state index contributed by atoms with van der Waals surface area (Å²) in [5.74, 6) is 5.66. The van der Waals surface area contributed by atoms with Gasteiger partial charge in [-0.05, 0) is 42.3 Å². The Labute approximate surface area is 121 Å². The van der Waals surface area contributed by atoms with Crippen molar-refractivity contribution in [1.29, 1.82) is 0 Å². The van der Waals surface area contributed by atoms with Gasteiger partial charge in [-0.15, -0.1) is 5.92 Å². The number of rotatable bonds is 0. The van der Waals surface area contributed by atoms with Crippen LogP contribution in [-0.4, -0.2) is 5.11 Å². The molecule has 1 nitrogen and oxygen atoms in total. The lowest BCUT2D eigenvalue weighted by molar-refractivity contribution is 0.150. The molecule has 0 aromatic heterocycles. The quantitative estimate of drug-likeness (QED) is 0.719. The predicted molar refractivity (Wildman–Crippen MR) is 78.3 cm³/mol. The van der Waals surface area contributed by atoms with Crippen molar-refractivity contribution in [1.82, 2.24) is 0 Å². The molecule has 0 fully saturated rings. The zero-order valence-corrected chi connectivity index (χ0v) is 11.7. The molecule has 1 aliphatic carbocycles. The fourth-order valence-electron chi connectivity index (χ4n) is 2.56. The van der Waals surface area contributed by atoms with E-state index in [2.05, 4.69) is 11.8 Å². The minimum Gasteiger partial charge on any atom is -0.369 e. The first-order valence-corrected chi connectivity index (χ1v) is 6.58. The Morgan fingerprint density at radius 3 is 1.84 bits per heavy atom. The van der Waals surface area contributed by atoms with Crippen molar-refractivity contribution in [2.45, 2.75) is 12.5 Å². The van der Waals surface area contributed by atoms with Gasteiger partial charge in [-0.2, -0.15) is 0 Å². The molecule has 19 heavy (non-hydrogen) atoms. The van der Waals surface area contributed by atoms with Crippen LogP contribution in [0.5, 0.6) is 0 Å². The number of benzene rings is 2. The van der Waals surface area contributed by atoms with E-state index in [0.717, 1.165) is 11.1 Å². The zero-order chi connectivity index (χ0) is 13.6. The minimum absolute atomic E-state index is 0.578. The molecular weight excluding hydrogens is 279 g/mol. The molecule has 1 aliphatic rings. The highest BCUT2D eigenvalue weighted by Crippen LogP contribution is 2.48. The molecular formula is C16H10Cl2O. The van der Waals surface area contributed by atoms with Crippen LogP contribution in [0.4, 0.5) is 0 Å². The topological polar surface area (TPSA) is 20.2 Å². The largest absolute Gasteiger partial charge is 0.369 e. The highest BCUT2D eigenvalue weighted by molar-refractivity contribution is 6.31. The Morgan fingerprint density at radius 2 is 1.42 bits per heavy atom. The van der Waals surface area contributed by atoms with Gasteiger partial charge in [0, 0.05) is 21.2 Å². The molecule has 3 heteroatoms. The maximum atomic E-state index is 11.0. The standard InChI is InChI=1S/C16H10Cl2O/c1-2-7-16(19)14-8-10(17)3-5-12(14)13-6-4-11(18)9-15(13)16/h3-6,8-9,19H,1H3. The van der Waals surface area contributed by atoms with Gasteiger partial charge in [0.05, 0.1) is 0 Å². The Balaban J connectivity index is 2.41. The van der Waals surface area contributed by atoms with E-state index in [1.165, 1.54) is 0 Å². The zero-order valence-electron chi connectivity index (χ0n) is 10.2. The van der Waals surface area contributed by atoms with E-state index in [1.54, 1.807) is 19.1 Å². The summed E-state index contributed by atoms with van der Waals surface area (Å²) in [5.41, 5.74) is 1.98. The lowest BCUT2D eigenvalue weighted by Gasteiger charge is -2.19. The smallest absolute Gasteiger partial charge is 0.178 e. The van der Waals surface area contributed by atoms with Crippen LogP contribution < -0.4 is 0 Å². The number of hydrogen-bond donors (Lipinski definition) is 1. The summed E-state index contributed by atoms with van der Waals surface area (Å²) in [4.78, 5) is 0. The van der Waals surface area contributed by atoms with E-state index in [0.29, 0.717) is 21.2 Å². The monoisotopic (exact) mass is 288 g/mol. The molecule has 0 atom stereocenters. The molecule has 0 saturated heterocycles. The first-order valence-electron chi connectivity index (χ1n) is 5.83. The lowest BCUT2D eigenvalue weighted by atomic mass is 9.92. The average Bonchev–Trinajstić information content (AvgIpc) is 2.60. The molecule has 0 saturated carbocycles. The molecule has 2 aromatic carbocycles. The van der Waals surface area contributed by atoms with Crippen molar-refractivity contribution in [2.75, 3.05) is 0 Å². The second-order valence-electron chi connectivity index (χ2n) is 4.47. The van der Waals surface area contributed by atoms with Gasteiger partial charge in [0.25, 0.3) is 0 Å². The van der Waals surface area contributed by atoms with Crippen LogP contribution in [0.3, 0.4) is 0 Å². The van der Waals surface area contributed by atoms with Crippen LogP contribution in [0.2, 0.25) is 10.0 Å². The Kier molecular flexibility index (Phi) is 2.83. The third-order valence-electron chi connectivity index (χ3n) is 3.34. The molecule has 94 valence electrons. The van der Waals surface area contributed by atoms with Crippen LogP contribution in [0.15, 0.2) is 36.4 Å². The van der Waals surface area contributed by atoms with Crippen molar-refractivity contribution in [2.24, 2.45) is 0 Å². The number of hydrogen-bond acceptors (Lipinski definition) is 1. The molecule has 1 N–H and O–H groups in total. The number of aliphatic hydroxyl groups is 1. The van der Waals surface area contributed by atoms with Gasteiger partial charge < -0.3 is 5.11 Å². The second kappa shape index (κ2) is 4.28. The third kappa shape index (κ3) is 1.76. The summed E-state index contributed by atoms with van der Waals surface area (Å²) >= 11 is 12.1. The van der Waals surface area contributed by atoms with Crippen LogP contribution in [0.1, 0.15) is 18.1 Å². The fraction of sp³-hybridized carbons (Fsp3) is 0.125. The number of fused-ring (bicyclic) bond motifs is 3. The molecule has 3 rings (SSSR count). The first-order chi connectivity index (χ1) is 9.06. The van der Waals surface area contributed by atoms with E-state index in [4.69, 9.17) is 23.2 Å². The van der Waals surface area contributed by atoms with Gasteiger partial charge in [-0.3, -0.25) is 0 Å². The summed E-state index contributed by atoms with van der Waals surface area (Å²) in [5, 5.41) is 12.1. The van der Waals surface area contributed by atoms with Crippen LogP contribution in [-0.2, 0) is 5.60 Å². The van der Waals surface area contributed by atoms with Gasteiger partial charge in [0.1, 0.15) is 0 Å². The highest BCUT2D eigenvalue weighted by Gasteiger charge is 2.40. The van der Waals surface area contributed by atoms with Crippen molar-refractivity contribution in [3.8, 4) is 23.0 Å². The second-order valence-corrected chi connectivity index (χ2v) is 5.34. The van der Waals surface area contributed by atoms with Gasteiger partial charge in [-0.1, -0.05) is 41.3 Å². The van der Waals surface area contributed by atoms with E-state index in [-0.39, 0.29) is 0 Å². The highest BCUT2D eigenvalue weighted by atomic mass is 35.5. The first kappa shape index (κ1) is 12.6. The third-order valence-corrected chi connectivity index (χ3v) is 3.81. The summed E-state index contributed by atoms with van der Waals surface area (Å²) in [6.45, 7) is 1.70. The van der Waals surface area contributed by atoms with Crippen LogP contribution in [0.25, 0.3) is 11.1 Å². The van der Waals surface area contributed by atoms with Crippen molar-refractivity contribution in [3.63, 3.8) is 0 Å². The fourth-order valence-corrected chi connectivity index (χ4v) is 2.91. The molecule has 0 spiro atoms.